The zero-order valence-electron chi connectivity index (χ0n) is 20.1. The summed E-state index contributed by atoms with van der Waals surface area (Å²) >= 11 is 1.25. The van der Waals surface area contributed by atoms with E-state index >= 15 is 0 Å². The fourth-order valence-corrected chi connectivity index (χ4v) is 4.58. The number of carbonyl (C=O) groups is 2. The van der Waals surface area contributed by atoms with Gasteiger partial charge in [-0.2, -0.15) is 0 Å². The second kappa shape index (κ2) is 11.3. The third kappa shape index (κ3) is 6.37. The number of ether oxygens (including phenoxy) is 1. The van der Waals surface area contributed by atoms with Crippen LogP contribution in [-0.2, 0) is 18.4 Å². The number of tetrazole rings is 1. The first-order chi connectivity index (χ1) is 16.9. The fraction of sp³-hybridized carbons (Fsp3) is 0.375. The van der Waals surface area contributed by atoms with Gasteiger partial charge in [0.2, 0.25) is 11.1 Å². The van der Waals surface area contributed by atoms with Crippen molar-refractivity contribution in [1.29, 1.82) is 0 Å². The molecule has 11 heteroatoms. The summed E-state index contributed by atoms with van der Waals surface area (Å²) in [7, 11) is 3.41. The number of carbonyl (C=O) groups excluding carboxylic acids is 2. The van der Waals surface area contributed by atoms with Crippen LogP contribution in [0.5, 0.6) is 5.75 Å². The van der Waals surface area contributed by atoms with Crippen molar-refractivity contribution in [1.82, 2.24) is 30.0 Å². The highest BCUT2D eigenvalue weighted by molar-refractivity contribution is 7.99. The van der Waals surface area contributed by atoms with Crippen molar-refractivity contribution in [3.05, 3.63) is 59.2 Å². The molecule has 1 saturated heterocycles. The van der Waals surface area contributed by atoms with Gasteiger partial charge < -0.3 is 15.0 Å². The van der Waals surface area contributed by atoms with Crippen molar-refractivity contribution in [3.8, 4) is 5.75 Å². The first kappa shape index (κ1) is 24.7. The maximum atomic E-state index is 13.0. The zero-order chi connectivity index (χ0) is 24.8. The molecule has 35 heavy (non-hydrogen) atoms. The minimum Gasteiger partial charge on any atom is -0.496 e. The van der Waals surface area contributed by atoms with E-state index in [2.05, 4.69) is 38.7 Å². The Balaban J connectivity index is 1.26. The van der Waals surface area contributed by atoms with Crippen LogP contribution in [0.25, 0.3) is 0 Å². The molecule has 1 fully saturated rings. The smallest absolute Gasteiger partial charge is 0.253 e. The fourth-order valence-electron chi connectivity index (χ4n) is 3.93. The Hall–Kier alpha value is -3.44. The molecule has 2 heterocycles. The first-order valence-electron chi connectivity index (χ1n) is 11.3. The Kier molecular flexibility index (Phi) is 7.98. The number of aryl methyl sites for hydroxylation is 2. The van der Waals surface area contributed by atoms with Crippen LogP contribution < -0.4 is 10.1 Å². The summed E-state index contributed by atoms with van der Waals surface area (Å²) in [5.41, 5.74) is 3.61. The number of anilines is 1. The predicted octanol–water partition coefficient (Wildman–Crippen LogP) is 2.22. The van der Waals surface area contributed by atoms with E-state index in [0.717, 1.165) is 30.9 Å². The van der Waals surface area contributed by atoms with Crippen molar-refractivity contribution in [2.24, 2.45) is 7.05 Å². The number of methoxy groups -OCH3 is 1. The topological polar surface area (TPSA) is 105 Å². The van der Waals surface area contributed by atoms with E-state index in [1.54, 1.807) is 38.4 Å². The van der Waals surface area contributed by atoms with Crippen molar-refractivity contribution in [2.45, 2.75) is 18.6 Å². The number of aromatic nitrogens is 4. The van der Waals surface area contributed by atoms with Crippen molar-refractivity contribution in [2.75, 3.05) is 44.4 Å². The zero-order valence-corrected chi connectivity index (χ0v) is 20.9. The second-order valence-corrected chi connectivity index (χ2v) is 9.33. The summed E-state index contributed by atoms with van der Waals surface area (Å²) < 4.78 is 7.01. The predicted molar refractivity (Wildman–Crippen MR) is 134 cm³/mol. The Morgan fingerprint density at radius 2 is 1.83 bits per heavy atom. The lowest BCUT2D eigenvalue weighted by atomic mass is 10.1. The summed E-state index contributed by atoms with van der Waals surface area (Å²) in [6, 6.07) is 13.2. The molecular formula is C24H29N7O3S. The highest BCUT2D eigenvalue weighted by atomic mass is 32.2. The lowest BCUT2D eigenvalue weighted by molar-refractivity contribution is -0.113. The number of thioether (sulfide) groups is 1. The number of nitrogens with zero attached hydrogens (tertiary/aromatic N) is 6. The summed E-state index contributed by atoms with van der Waals surface area (Å²) in [5, 5.41) is 14.5. The minimum absolute atomic E-state index is 0.000926. The van der Waals surface area contributed by atoms with E-state index in [1.807, 2.05) is 17.0 Å². The van der Waals surface area contributed by atoms with Gasteiger partial charge in [-0.3, -0.25) is 14.5 Å². The van der Waals surface area contributed by atoms with Crippen LogP contribution >= 0.6 is 11.8 Å². The largest absolute Gasteiger partial charge is 0.496 e. The van der Waals surface area contributed by atoms with Gasteiger partial charge in [-0.25, -0.2) is 4.68 Å². The highest BCUT2D eigenvalue weighted by Gasteiger charge is 2.23. The Bertz CT molecular complexity index is 1170. The molecule has 0 bridgehead atoms. The molecule has 3 aromatic rings. The Morgan fingerprint density at radius 1 is 1.09 bits per heavy atom. The highest BCUT2D eigenvalue weighted by Crippen LogP contribution is 2.22. The standard InChI is InChI=1S/C24H29N7O3S/c1-17-4-9-21(34-3)19(14-17)15-30-10-12-31(13-11-30)23(33)18-5-7-20(8-6-18)25-22(32)16-35-24-26-27-28-29(24)2/h4-9,14H,10-13,15-16H2,1-3H3,(H,25,32). The quantitative estimate of drug-likeness (QED) is 0.474. The summed E-state index contributed by atoms with van der Waals surface area (Å²) in [6.07, 6.45) is 0. The van der Waals surface area contributed by atoms with Crippen LogP contribution in [0.15, 0.2) is 47.6 Å². The molecule has 2 aromatic carbocycles. The summed E-state index contributed by atoms with van der Waals surface area (Å²) in [6.45, 7) is 5.81. The molecule has 0 atom stereocenters. The van der Waals surface area contributed by atoms with Gasteiger partial charge >= 0.3 is 0 Å². The van der Waals surface area contributed by atoms with Crippen LogP contribution in [0.4, 0.5) is 5.69 Å². The summed E-state index contributed by atoms with van der Waals surface area (Å²) in [4.78, 5) is 29.4. The lowest BCUT2D eigenvalue weighted by Gasteiger charge is -2.35. The third-order valence-corrected chi connectivity index (χ3v) is 6.83. The number of nitrogens with one attached hydrogen (secondary N) is 1. The molecule has 4 rings (SSSR count). The van der Waals surface area contributed by atoms with Crippen LogP contribution in [0, 0.1) is 6.92 Å². The molecule has 0 radical (unpaired) electrons. The van der Waals surface area contributed by atoms with E-state index in [4.69, 9.17) is 4.74 Å². The average molecular weight is 496 g/mol. The molecule has 1 aliphatic rings. The van der Waals surface area contributed by atoms with Crippen LogP contribution in [0.3, 0.4) is 0 Å². The van der Waals surface area contributed by atoms with E-state index in [1.165, 1.54) is 22.0 Å². The van der Waals surface area contributed by atoms with Crippen molar-refractivity contribution >= 4 is 29.3 Å². The van der Waals surface area contributed by atoms with Gasteiger partial charge in [-0.05, 0) is 47.7 Å². The number of amides is 2. The second-order valence-electron chi connectivity index (χ2n) is 8.38. The van der Waals surface area contributed by atoms with Gasteiger partial charge in [-0.1, -0.05) is 29.5 Å². The van der Waals surface area contributed by atoms with E-state index < -0.39 is 0 Å². The molecule has 184 valence electrons. The van der Waals surface area contributed by atoms with Gasteiger partial charge in [0.1, 0.15) is 5.75 Å². The van der Waals surface area contributed by atoms with E-state index in [-0.39, 0.29) is 17.6 Å². The molecule has 0 aliphatic carbocycles. The minimum atomic E-state index is -0.168. The SMILES string of the molecule is COc1ccc(C)cc1CN1CCN(C(=O)c2ccc(NC(=O)CSc3nnnn3C)cc2)CC1. The molecule has 1 N–H and O–H groups in total. The molecule has 0 spiro atoms. The molecule has 0 saturated carbocycles. The van der Waals surface area contributed by atoms with Crippen molar-refractivity contribution < 1.29 is 14.3 Å². The van der Waals surface area contributed by atoms with Crippen LogP contribution in [0.2, 0.25) is 0 Å². The Labute approximate surface area is 208 Å². The van der Waals surface area contributed by atoms with Gasteiger partial charge in [0, 0.05) is 56.6 Å². The number of piperazine rings is 1. The average Bonchev–Trinajstić information content (AvgIpc) is 3.28. The molecular weight excluding hydrogens is 466 g/mol. The summed E-state index contributed by atoms with van der Waals surface area (Å²) in [5.74, 6) is 0.915. The monoisotopic (exact) mass is 495 g/mol. The Morgan fingerprint density at radius 3 is 2.49 bits per heavy atom. The van der Waals surface area contributed by atoms with Crippen LogP contribution in [0.1, 0.15) is 21.5 Å². The third-order valence-electron chi connectivity index (χ3n) is 5.82. The number of rotatable bonds is 8. The van der Waals surface area contributed by atoms with Gasteiger partial charge in [0.05, 0.1) is 12.9 Å². The number of benzene rings is 2. The first-order valence-corrected chi connectivity index (χ1v) is 12.3. The molecule has 2 amide bonds. The van der Waals surface area contributed by atoms with E-state index in [0.29, 0.717) is 29.5 Å². The lowest BCUT2D eigenvalue weighted by Crippen LogP contribution is -2.48. The normalized spacial score (nSPS) is 14.1. The maximum absolute atomic E-state index is 13.0. The van der Waals surface area contributed by atoms with Gasteiger partial charge in [0.25, 0.3) is 5.91 Å². The molecule has 0 unspecified atom stereocenters. The molecule has 1 aromatic heterocycles. The van der Waals surface area contributed by atoms with Gasteiger partial charge in [-0.15, -0.1) is 5.10 Å². The number of hydrogen-bond donors (Lipinski definition) is 1. The van der Waals surface area contributed by atoms with E-state index in [9.17, 15) is 9.59 Å². The van der Waals surface area contributed by atoms with Gasteiger partial charge in [0.15, 0.2) is 0 Å². The molecule has 10 nitrogen and oxygen atoms in total. The van der Waals surface area contributed by atoms with Crippen molar-refractivity contribution in [3.63, 3.8) is 0 Å². The maximum Gasteiger partial charge on any atom is 0.253 e. The number of hydrogen-bond acceptors (Lipinski definition) is 8. The van der Waals surface area contributed by atoms with Crippen LogP contribution in [-0.4, -0.2) is 80.9 Å². The molecule has 1 aliphatic heterocycles.